The Bertz CT molecular complexity index is 517. The van der Waals surface area contributed by atoms with Gasteiger partial charge in [0.1, 0.15) is 0 Å². The Morgan fingerprint density at radius 1 is 1.35 bits per heavy atom. The van der Waals surface area contributed by atoms with Crippen molar-refractivity contribution in [1.29, 1.82) is 0 Å². The van der Waals surface area contributed by atoms with E-state index in [1.54, 1.807) is 17.4 Å². The van der Waals surface area contributed by atoms with Crippen molar-refractivity contribution in [2.24, 2.45) is 0 Å². The molecule has 0 unspecified atom stereocenters. The summed E-state index contributed by atoms with van der Waals surface area (Å²) in [6, 6.07) is 7.57. The predicted molar refractivity (Wildman–Crippen MR) is 72.6 cm³/mol. The number of carbonyl (C=O) groups is 1. The van der Waals surface area contributed by atoms with Gasteiger partial charge in [-0.05, 0) is 47.4 Å². The highest BCUT2D eigenvalue weighted by atomic mass is 32.1. The second kappa shape index (κ2) is 5.15. The van der Waals surface area contributed by atoms with Crippen LogP contribution >= 0.6 is 11.3 Å². The van der Waals surface area contributed by atoms with Gasteiger partial charge in [-0.2, -0.15) is 11.3 Å². The maximum Gasteiger partial charge on any atom is 0.163 e. The molecule has 0 aliphatic heterocycles. The predicted octanol–water partition coefficient (Wildman–Crippen LogP) is 3.45. The first-order valence-electron chi connectivity index (χ1n) is 5.57. The summed E-state index contributed by atoms with van der Waals surface area (Å²) in [5.41, 5.74) is 9.44. The van der Waals surface area contributed by atoms with Gasteiger partial charge in [-0.3, -0.25) is 4.79 Å². The topological polar surface area (TPSA) is 43.1 Å². The van der Waals surface area contributed by atoms with Crippen molar-refractivity contribution >= 4 is 22.8 Å². The van der Waals surface area contributed by atoms with Gasteiger partial charge >= 0.3 is 0 Å². The van der Waals surface area contributed by atoms with E-state index >= 15 is 0 Å². The summed E-state index contributed by atoms with van der Waals surface area (Å²) >= 11 is 1.66. The minimum absolute atomic E-state index is 0.155. The summed E-state index contributed by atoms with van der Waals surface area (Å²) in [6.45, 7) is 1.94. The van der Waals surface area contributed by atoms with Gasteiger partial charge < -0.3 is 5.73 Å². The first-order valence-corrected chi connectivity index (χ1v) is 6.51. The number of nitrogen functional groups attached to an aromatic ring is 1. The monoisotopic (exact) mass is 245 g/mol. The maximum atomic E-state index is 12.0. The molecule has 1 heterocycles. The van der Waals surface area contributed by atoms with Crippen LogP contribution in [-0.4, -0.2) is 5.78 Å². The number of carbonyl (C=O) groups excluding carboxylic acids is 1. The Morgan fingerprint density at radius 3 is 2.82 bits per heavy atom. The molecule has 0 atom stereocenters. The van der Waals surface area contributed by atoms with Crippen LogP contribution in [0.2, 0.25) is 0 Å². The van der Waals surface area contributed by atoms with Gasteiger partial charge in [-0.15, -0.1) is 0 Å². The van der Waals surface area contributed by atoms with Gasteiger partial charge in [0, 0.05) is 17.7 Å². The standard InChI is InChI=1S/C14H15NOS/c1-10-2-4-12(8-13(10)15)14(16)5-3-11-6-7-17-9-11/h2,4,6-9H,3,5,15H2,1H3. The zero-order chi connectivity index (χ0) is 12.3. The molecule has 2 aromatic rings. The van der Waals surface area contributed by atoms with E-state index in [-0.39, 0.29) is 5.78 Å². The molecule has 0 saturated heterocycles. The molecule has 0 bridgehead atoms. The van der Waals surface area contributed by atoms with Crippen molar-refractivity contribution in [3.8, 4) is 0 Å². The number of rotatable bonds is 4. The van der Waals surface area contributed by atoms with Crippen molar-refractivity contribution in [2.45, 2.75) is 19.8 Å². The number of benzene rings is 1. The highest BCUT2D eigenvalue weighted by Crippen LogP contribution is 2.16. The quantitative estimate of drug-likeness (QED) is 0.662. The SMILES string of the molecule is Cc1ccc(C(=O)CCc2ccsc2)cc1N. The Hall–Kier alpha value is -1.61. The molecule has 1 aromatic heterocycles. The third-order valence-electron chi connectivity index (χ3n) is 2.82. The summed E-state index contributed by atoms with van der Waals surface area (Å²) in [5.74, 6) is 0.155. The number of Topliss-reactive ketones (excluding diaryl/α,β-unsaturated/α-hetero) is 1. The zero-order valence-electron chi connectivity index (χ0n) is 9.77. The first-order chi connectivity index (χ1) is 8.16. The van der Waals surface area contributed by atoms with Crippen LogP contribution in [-0.2, 0) is 6.42 Å². The summed E-state index contributed by atoms with van der Waals surface area (Å²) in [6.07, 6.45) is 1.34. The molecule has 0 fully saturated rings. The van der Waals surface area contributed by atoms with Crippen LogP contribution in [0.4, 0.5) is 5.69 Å². The Labute approximate surface area is 105 Å². The third kappa shape index (κ3) is 2.94. The van der Waals surface area contributed by atoms with Crippen molar-refractivity contribution in [1.82, 2.24) is 0 Å². The molecule has 2 N–H and O–H groups in total. The molecule has 0 saturated carbocycles. The lowest BCUT2D eigenvalue weighted by atomic mass is 10.0. The smallest absolute Gasteiger partial charge is 0.163 e. The van der Waals surface area contributed by atoms with Crippen LogP contribution in [0.15, 0.2) is 35.0 Å². The van der Waals surface area contributed by atoms with Crippen LogP contribution in [0.5, 0.6) is 0 Å². The van der Waals surface area contributed by atoms with E-state index in [4.69, 9.17) is 5.73 Å². The number of thiophene rings is 1. The van der Waals surface area contributed by atoms with E-state index in [9.17, 15) is 4.79 Å². The van der Waals surface area contributed by atoms with Crippen LogP contribution in [0.1, 0.15) is 27.9 Å². The Balaban J connectivity index is 2.02. The average Bonchev–Trinajstić information content (AvgIpc) is 2.82. The minimum atomic E-state index is 0.155. The molecule has 2 nitrogen and oxygen atoms in total. The van der Waals surface area contributed by atoms with E-state index in [1.807, 2.05) is 24.4 Å². The van der Waals surface area contributed by atoms with E-state index in [1.165, 1.54) is 5.56 Å². The van der Waals surface area contributed by atoms with Gasteiger partial charge in [0.15, 0.2) is 5.78 Å². The molecule has 0 aliphatic rings. The average molecular weight is 245 g/mol. The minimum Gasteiger partial charge on any atom is -0.398 e. The molecular weight excluding hydrogens is 230 g/mol. The lowest BCUT2D eigenvalue weighted by Gasteiger charge is -2.04. The van der Waals surface area contributed by atoms with Gasteiger partial charge in [0.05, 0.1) is 0 Å². The number of ketones is 1. The van der Waals surface area contributed by atoms with Crippen LogP contribution < -0.4 is 5.73 Å². The lowest BCUT2D eigenvalue weighted by molar-refractivity contribution is 0.0983. The molecule has 0 radical (unpaired) electrons. The normalized spacial score (nSPS) is 10.4. The third-order valence-corrected chi connectivity index (χ3v) is 3.55. The van der Waals surface area contributed by atoms with Crippen LogP contribution in [0, 0.1) is 6.92 Å². The molecule has 0 amide bonds. The maximum absolute atomic E-state index is 12.0. The van der Waals surface area contributed by atoms with E-state index < -0.39 is 0 Å². The number of hydrogen-bond acceptors (Lipinski definition) is 3. The second-order valence-electron chi connectivity index (χ2n) is 4.13. The molecule has 0 aliphatic carbocycles. The summed E-state index contributed by atoms with van der Waals surface area (Å²) in [4.78, 5) is 12.0. The first kappa shape index (κ1) is 11.9. The fourth-order valence-corrected chi connectivity index (χ4v) is 2.35. The zero-order valence-corrected chi connectivity index (χ0v) is 10.6. The highest BCUT2D eigenvalue weighted by molar-refractivity contribution is 7.07. The largest absolute Gasteiger partial charge is 0.398 e. The Morgan fingerprint density at radius 2 is 2.18 bits per heavy atom. The van der Waals surface area contributed by atoms with Gasteiger partial charge in [-0.25, -0.2) is 0 Å². The number of nitrogens with two attached hydrogens (primary N) is 1. The van der Waals surface area contributed by atoms with Gasteiger partial charge in [0.25, 0.3) is 0 Å². The van der Waals surface area contributed by atoms with Crippen molar-refractivity contribution in [2.75, 3.05) is 5.73 Å². The molecule has 88 valence electrons. The fraction of sp³-hybridized carbons (Fsp3) is 0.214. The number of aryl methyl sites for hydroxylation is 2. The second-order valence-corrected chi connectivity index (χ2v) is 4.91. The lowest BCUT2D eigenvalue weighted by Crippen LogP contribution is -2.02. The summed E-state index contributed by atoms with van der Waals surface area (Å²) < 4.78 is 0. The fourth-order valence-electron chi connectivity index (χ4n) is 1.65. The molecular formula is C14H15NOS. The summed E-state index contributed by atoms with van der Waals surface area (Å²) in [7, 11) is 0. The van der Waals surface area contributed by atoms with Crippen LogP contribution in [0.25, 0.3) is 0 Å². The highest BCUT2D eigenvalue weighted by Gasteiger charge is 2.07. The molecule has 1 aromatic carbocycles. The molecule has 3 heteroatoms. The number of hydrogen-bond donors (Lipinski definition) is 1. The van der Waals surface area contributed by atoms with E-state index in [0.29, 0.717) is 17.7 Å². The van der Waals surface area contributed by atoms with E-state index in [0.717, 1.165) is 12.0 Å². The van der Waals surface area contributed by atoms with E-state index in [2.05, 4.69) is 11.4 Å². The Kier molecular flexibility index (Phi) is 3.59. The van der Waals surface area contributed by atoms with Crippen LogP contribution in [0.3, 0.4) is 0 Å². The van der Waals surface area contributed by atoms with Gasteiger partial charge in [0.2, 0.25) is 0 Å². The van der Waals surface area contributed by atoms with Crippen molar-refractivity contribution in [3.63, 3.8) is 0 Å². The summed E-state index contributed by atoms with van der Waals surface area (Å²) in [5, 5.41) is 4.11. The molecule has 17 heavy (non-hydrogen) atoms. The number of anilines is 1. The van der Waals surface area contributed by atoms with Gasteiger partial charge in [-0.1, -0.05) is 12.1 Å². The van der Waals surface area contributed by atoms with Crippen molar-refractivity contribution < 1.29 is 4.79 Å². The van der Waals surface area contributed by atoms with Crippen molar-refractivity contribution in [3.05, 3.63) is 51.7 Å². The molecule has 2 rings (SSSR count). The molecule has 0 spiro atoms.